The quantitative estimate of drug-likeness (QED) is 0.747. The van der Waals surface area contributed by atoms with Gasteiger partial charge in [-0.2, -0.15) is 0 Å². The Hall–Kier alpha value is -0.570. The van der Waals surface area contributed by atoms with Crippen molar-refractivity contribution in [2.24, 2.45) is 5.92 Å². The van der Waals surface area contributed by atoms with Crippen molar-refractivity contribution in [3.8, 4) is 0 Å². The molecule has 0 radical (unpaired) electrons. The molecule has 3 nitrogen and oxygen atoms in total. The minimum Gasteiger partial charge on any atom is -0.352 e. The summed E-state index contributed by atoms with van der Waals surface area (Å²) in [5.41, 5.74) is 0. The van der Waals surface area contributed by atoms with Crippen LogP contribution in [0.3, 0.4) is 0 Å². The summed E-state index contributed by atoms with van der Waals surface area (Å²) in [7, 11) is 0. The lowest BCUT2D eigenvalue weighted by Gasteiger charge is -2.34. The second kappa shape index (κ2) is 5.50. The Morgan fingerprint density at radius 1 is 1.40 bits per heavy atom. The van der Waals surface area contributed by atoms with Crippen LogP contribution in [0, 0.1) is 5.92 Å². The Labute approximate surface area is 93.0 Å². The van der Waals surface area contributed by atoms with Crippen molar-refractivity contribution in [3.63, 3.8) is 0 Å². The molecular formula is C12H24N2O. The van der Waals surface area contributed by atoms with E-state index in [4.69, 9.17) is 0 Å². The minimum absolute atomic E-state index is 0.193. The highest BCUT2D eigenvalue weighted by Gasteiger charge is 2.25. The van der Waals surface area contributed by atoms with Crippen molar-refractivity contribution in [1.29, 1.82) is 0 Å². The van der Waals surface area contributed by atoms with Gasteiger partial charge in [0.2, 0.25) is 5.91 Å². The van der Waals surface area contributed by atoms with E-state index in [1.807, 2.05) is 0 Å². The molecule has 3 heteroatoms. The summed E-state index contributed by atoms with van der Waals surface area (Å²) in [5.74, 6) is 0.633. The third kappa shape index (κ3) is 4.20. The summed E-state index contributed by atoms with van der Waals surface area (Å²) in [6.45, 7) is 8.49. The van der Waals surface area contributed by atoms with Crippen molar-refractivity contribution in [1.82, 2.24) is 10.6 Å². The monoisotopic (exact) mass is 212 g/mol. The van der Waals surface area contributed by atoms with Crippen LogP contribution in [0.2, 0.25) is 0 Å². The van der Waals surface area contributed by atoms with Crippen molar-refractivity contribution in [2.75, 3.05) is 0 Å². The van der Waals surface area contributed by atoms with Gasteiger partial charge < -0.3 is 10.6 Å². The van der Waals surface area contributed by atoms with E-state index in [2.05, 4.69) is 38.3 Å². The number of rotatable bonds is 3. The topological polar surface area (TPSA) is 41.1 Å². The number of piperidine rings is 1. The molecule has 1 fully saturated rings. The molecule has 0 aromatic rings. The third-order valence-electron chi connectivity index (χ3n) is 3.00. The van der Waals surface area contributed by atoms with Gasteiger partial charge in [0.1, 0.15) is 0 Å². The maximum atomic E-state index is 11.6. The number of nitrogens with one attached hydrogen (secondary N) is 2. The van der Waals surface area contributed by atoms with Gasteiger partial charge in [0.25, 0.3) is 0 Å². The van der Waals surface area contributed by atoms with Crippen LogP contribution in [0.25, 0.3) is 0 Å². The fourth-order valence-corrected chi connectivity index (χ4v) is 2.16. The lowest BCUT2D eigenvalue weighted by molar-refractivity contribution is -0.122. The normalized spacial score (nSPS) is 31.7. The predicted molar refractivity (Wildman–Crippen MR) is 62.7 cm³/mol. The van der Waals surface area contributed by atoms with Crippen LogP contribution >= 0.6 is 0 Å². The molecule has 0 aliphatic carbocycles. The highest BCUT2D eigenvalue weighted by atomic mass is 16.1. The summed E-state index contributed by atoms with van der Waals surface area (Å²) in [5, 5.41) is 6.59. The molecule has 0 aromatic carbocycles. The average Bonchev–Trinajstić information content (AvgIpc) is 2.08. The Balaban J connectivity index is 2.34. The van der Waals surface area contributed by atoms with E-state index in [9.17, 15) is 4.79 Å². The molecule has 0 saturated carbocycles. The fourth-order valence-electron chi connectivity index (χ4n) is 2.16. The molecule has 88 valence electrons. The van der Waals surface area contributed by atoms with E-state index in [1.54, 1.807) is 0 Å². The van der Waals surface area contributed by atoms with E-state index in [-0.39, 0.29) is 5.91 Å². The second-order valence-corrected chi connectivity index (χ2v) is 5.21. The second-order valence-electron chi connectivity index (χ2n) is 5.21. The summed E-state index contributed by atoms with van der Waals surface area (Å²) in [4.78, 5) is 11.6. The van der Waals surface area contributed by atoms with Crippen molar-refractivity contribution < 1.29 is 4.79 Å². The molecule has 3 unspecified atom stereocenters. The maximum Gasteiger partial charge on any atom is 0.220 e. The Morgan fingerprint density at radius 3 is 2.60 bits per heavy atom. The maximum absolute atomic E-state index is 11.6. The van der Waals surface area contributed by atoms with E-state index < -0.39 is 0 Å². The number of amides is 1. The first kappa shape index (κ1) is 12.5. The van der Waals surface area contributed by atoms with Crippen LogP contribution in [0.1, 0.15) is 47.0 Å². The van der Waals surface area contributed by atoms with Gasteiger partial charge in [-0.15, -0.1) is 0 Å². The van der Waals surface area contributed by atoms with Crippen LogP contribution in [-0.2, 0) is 4.79 Å². The van der Waals surface area contributed by atoms with Gasteiger partial charge in [0.05, 0.1) is 0 Å². The average molecular weight is 212 g/mol. The summed E-state index contributed by atoms with van der Waals surface area (Å²) >= 11 is 0. The molecule has 3 atom stereocenters. The SMILES string of the molecule is CC(C)CC(=O)NC1CCC(C)NC1C. The number of hydrogen-bond acceptors (Lipinski definition) is 2. The van der Waals surface area contributed by atoms with E-state index in [1.165, 1.54) is 0 Å². The van der Waals surface area contributed by atoms with Gasteiger partial charge in [0.15, 0.2) is 0 Å². The van der Waals surface area contributed by atoms with Gasteiger partial charge >= 0.3 is 0 Å². The van der Waals surface area contributed by atoms with E-state index in [0.29, 0.717) is 30.5 Å². The molecule has 1 aliphatic heterocycles. The van der Waals surface area contributed by atoms with Gasteiger partial charge in [-0.25, -0.2) is 0 Å². The number of hydrogen-bond donors (Lipinski definition) is 2. The van der Waals surface area contributed by atoms with Crippen LogP contribution in [0.4, 0.5) is 0 Å². The molecule has 1 heterocycles. The van der Waals surface area contributed by atoms with Crippen LogP contribution < -0.4 is 10.6 Å². The summed E-state index contributed by atoms with van der Waals surface area (Å²) in [6.07, 6.45) is 2.88. The molecule has 0 aromatic heterocycles. The van der Waals surface area contributed by atoms with E-state index in [0.717, 1.165) is 12.8 Å². The van der Waals surface area contributed by atoms with Gasteiger partial charge in [-0.3, -0.25) is 4.79 Å². The molecule has 1 rings (SSSR count). The van der Waals surface area contributed by atoms with Crippen molar-refractivity contribution in [2.45, 2.75) is 65.1 Å². The molecule has 1 saturated heterocycles. The molecule has 0 bridgehead atoms. The molecule has 2 N–H and O–H groups in total. The first-order chi connectivity index (χ1) is 6.99. The first-order valence-electron chi connectivity index (χ1n) is 6.04. The van der Waals surface area contributed by atoms with Crippen molar-refractivity contribution >= 4 is 5.91 Å². The van der Waals surface area contributed by atoms with Crippen molar-refractivity contribution in [3.05, 3.63) is 0 Å². The summed E-state index contributed by atoms with van der Waals surface area (Å²) < 4.78 is 0. The van der Waals surface area contributed by atoms with Gasteiger partial charge in [-0.1, -0.05) is 13.8 Å². The zero-order valence-corrected chi connectivity index (χ0v) is 10.3. The molecule has 1 aliphatic rings. The zero-order valence-electron chi connectivity index (χ0n) is 10.3. The zero-order chi connectivity index (χ0) is 11.4. The highest BCUT2D eigenvalue weighted by Crippen LogP contribution is 2.13. The van der Waals surface area contributed by atoms with Gasteiger partial charge in [-0.05, 0) is 32.6 Å². The molecule has 1 amide bonds. The molecule has 15 heavy (non-hydrogen) atoms. The number of carbonyl (C=O) groups excluding carboxylic acids is 1. The predicted octanol–water partition coefficient (Wildman–Crippen LogP) is 1.68. The Bertz CT molecular complexity index is 216. The Kier molecular flexibility index (Phi) is 4.58. The lowest BCUT2D eigenvalue weighted by Crippen LogP contribution is -2.54. The van der Waals surface area contributed by atoms with Crippen LogP contribution in [0.15, 0.2) is 0 Å². The first-order valence-corrected chi connectivity index (χ1v) is 6.04. The van der Waals surface area contributed by atoms with E-state index >= 15 is 0 Å². The van der Waals surface area contributed by atoms with Crippen LogP contribution in [0.5, 0.6) is 0 Å². The Morgan fingerprint density at radius 2 is 2.07 bits per heavy atom. The molecule has 0 spiro atoms. The standard InChI is InChI=1S/C12H24N2O/c1-8(2)7-12(15)14-11-6-5-9(3)13-10(11)4/h8-11,13H,5-7H2,1-4H3,(H,14,15). The van der Waals surface area contributed by atoms with Gasteiger partial charge in [0, 0.05) is 24.5 Å². The summed E-state index contributed by atoms with van der Waals surface area (Å²) in [6, 6.07) is 1.29. The smallest absolute Gasteiger partial charge is 0.220 e. The lowest BCUT2D eigenvalue weighted by atomic mass is 9.95. The largest absolute Gasteiger partial charge is 0.352 e. The molecular weight excluding hydrogens is 188 g/mol. The third-order valence-corrected chi connectivity index (χ3v) is 3.00. The highest BCUT2D eigenvalue weighted by molar-refractivity contribution is 5.76. The van der Waals surface area contributed by atoms with Crippen LogP contribution in [-0.4, -0.2) is 24.0 Å². The fraction of sp³-hybridized carbons (Fsp3) is 0.917. The number of carbonyl (C=O) groups is 1. The minimum atomic E-state index is 0.193.